The molecule has 0 saturated carbocycles. The lowest BCUT2D eigenvalue weighted by Gasteiger charge is -2.26. The van der Waals surface area contributed by atoms with Gasteiger partial charge >= 0.3 is 0 Å². The predicted octanol–water partition coefficient (Wildman–Crippen LogP) is 1.25. The van der Waals surface area contributed by atoms with E-state index >= 15 is 0 Å². The fourth-order valence-corrected chi connectivity index (χ4v) is 2.82. The molecular weight excluding hydrogens is 261 g/mol. The number of carbonyl (C=O) groups is 1. The van der Waals surface area contributed by atoms with Crippen molar-refractivity contribution in [2.45, 2.75) is 25.8 Å². The maximum absolute atomic E-state index is 13.7. The monoisotopic (exact) mass is 275 g/mol. The van der Waals surface area contributed by atoms with Gasteiger partial charge in [0, 0.05) is 17.6 Å². The smallest absolute Gasteiger partial charge is 0.270 e. The minimum Gasteiger partial charge on any atom is -0.343 e. The minimum atomic E-state index is -0.663. The van der Waals surface area contributed by atoms with Crippen molar-refractivity contribution in [2.24, 2.45) is 5.84 Å². The van der Waals surface area contributed by atoms with Gasteiger partial charge in [0.05, 0.1) is 5.52 Å². The van der Waals surface area contributed by atoms with E-state index in [4.69, 9.17) is 5.84 Å². The molecule has 1 aromatic carbocycles. The number of hydrogen-bond acceptors (Lipinski definition) is 3. The first-order chi connectivity index (χ1) is 9.52. The summed E-state index contributed by atoms with van der Waals surface area (Å²) in [6.07, 6.45) is 3.06. The van der Waals surface area contributed by atoms with Gasteiger partial charge in [0.1, 0.15) is 11.4 Å². The van der Waals surface area contributed by atoms with Crippen LogP contribution in [0.25, 0.3) is 10.9 Å². The first kappa shape index (κ1) is 12.8. The molecule has 1 unspecified atom stereocenters. The lowest BCUT2D eigenvalue weighted by atomic mass is 9.96. The number of aromatic nitrogens is 1. The summed E-state index contributed by atoms with van der Waals surface area (Å²) in [5.74, 6) is 3.97. The summed E-state index contributed by atoms with van der Waals surface area (Å²) in [5.41, 5.74) is 2.91. The van der Waals surface area contributed by atoms with Crippen LogP contribution in [0.2, 0.25) is 0 Å². The number of benzene rings is 1. The highest BCUT2D eigenvalue weighted by Crippen LogP contribution is 2.30. The predicted molar refractivity (Wildman–Crippen MR) is 72.9 cm³/mol. The zero-order valence-electron chi connectivity index (χ0n) is 10.9. The highest BCUT2D eigenvalue weighted by atomic mass is 19.1. The van der Waals surface area contributed by atoms with Crippen molar-refractivity contribution in [3.8, 4) is 0 Å². The number of halogens is 1. The van der Waals surface area contributed by atoms with Crippen LogP contribution in [0.1, 0.15) is 35.3 Å². The normalized spacial score (nSPS) is 17.2. The van der Waals surface area contributed by atoms with Gasteiger partial charge in [-0.05, 0) is 37.5 Å². The number of nitrogens with one attached hydrogen (secondary N) is 1. The van der Waals surface area contributed by atoms with Gasteiger partial charge in [-0.1, -0.05) is 0 Å². The molecule has 6 heteroatoms. The van der Waals surface area contributed by atoms with E-state index in [1.807, 2.05) is 16.9 Å². The van der Waals surface area contributed by atoms with Gasteiger partial charge in [0.25, 0.3) is 5.91 Å². The molecule has 104 valence electrons. The number of nitrogens with zero attached hydrogens (tertiary/aromatic N) is 1. The molecular formula is C14H14FN3O2. The van der Waals surface area contributed by atoms with Crippen LogP contribution in [-0.4, -0.2) is 10.5 Å². The van der Waals surface area contributed by atoms with Crippen molar-refractivity contribution in [3.63, 3.8) is 0 Å². The fraction of sp³-hybridized carbons (Fsp3) is 0.286. The SMILES string of the molecule is CC1CCc2cc(F)cc3c(=O)c(C(=O)NN)cn1c23. The third-order valence-corrected chi connectivity index (χ3v) is 3.85. The van der Waals surface area contributed by atoms with Gasteiger partial charge in [-0.3, -0.25) is 15.0 Å². The fourth-order valence-electron chi connectivity index (χ4n) is 2.82. The quantitative estimate of drug-likeness (QED) is 0.467. The average molecular weight is 275 g/mol. The number of rotatable bonds is 1. The highest BCUT2D eigenvalue weighted by Gasteiger charge is 2.23. The van der Waals surface area contributed by atoms with Crippen molar-refractivity contribution in [2.75, 3.05) is 0 Å². The molecule has 1 atom stereocenters. The zero-order valence-corrected chi connectivity index (χ0v) is 10.9. The van der Waals surface area contributed by atoms with Crippen LogP contribution in [-0.2, 0) is 6.42 Å². The molecule has 0 saturated heterocycles. The molecule has 1 aliphatic heterocycles. The standard InChI is InChI=1S/C14H14FN3O2/c1-7-2-3-8-4-9(15)5-10-12(8)18(7)6-11(13(10)19)14(20)17-16/h4-7H,2-3,16H2,1H3,(H,17,20). The molecule has 0 spiro atoms. The van der Waals surface area contributed by atoms with Crippen molar-refractivity contribution >= 4 is 16.8 Å². The van der Waals surface area contributed by atoms with E-state index in [0.717, 1.165) is 18.4 Å². The van der Waals surface area contributed by atoms with E-state index in [1.165, 1.54) is 18.3 Å². The van der Waals surface area contributed by atoms with E-state index in [2.05, 4.69) is 0 Å². The largest absolute Gasteiger partial charge is 0.343 e. The van der Waals surface area contributed by atoms with Crippen LogP contribution < -0.4 is 16.7 Å². The van der Waals surface area contributed by atoms with Crippen molar-refractivity contribution in [1.29, 1.82) is 0 Å². The Balaban J connectivity index is 2.47. The third kappa shape index (κ3) is 1.72. The molecule has 0 aliphatic carbocycles. The van der Waals surface area contributed by atoms with Crippen molar-refractivity contribution in [1.82, 2.24) is 9.99 Å². The maximum atomic E-state index is 13.7. The van der Waals surface area contributed by atoms with Gasteiger partial charge in [0.15, 0.2) is 0 Å². The Morgan fingerprint density at radius 3 is 2.95 bits per heavy atom. The summed E-state index contributed by atoms with van der Waals surface area (Å²) in [7, 11) is 0. The van der Waals surface area contributed by atoms with Gasteiger partial charge in [0.2, 0.25) is 5.43 Å². The number of amides is 1. The lowest BCUT2D eigenvalue weighted by Crippen LogP contribution is -2.35. The Morgan fingerprint density at radius 1 is 1.50 bits per heavy atom. The molecule has 0 radical (unpaired) electrons. The number of nitrogens with two attached hydrogens (primary N) is 1. The molecule has 0 bridgehead atoms. The highest BCUT2D eigenvalue weighted by molar-refractivity contribution is 5.97. The van der Waals surface area contributed by atoms with Gasteiger partial charge < -0.3 is 4.57 Å². The number of nitrogen functional groups attached to an aromatic ring is 1. The summed E-state index contributed by atoms with van der Waals surface area (Å²) in [4.78, 5) is 24.0. The van der Waals surface area contributed by atoms with Crippen LogP contribution in [0.3, 0.4) is 0 Å². The van der Waals surface area contributed by atoms with Gasteiger partial charge in [-0.15, -0.1) is 0 Å². The van der Waals surface area contributed by atoms with Crippen LogP contribution in [0, 0.1) is 5.82 Å². The summed E-state index contributed by atoms with van der Waals surface area (Å²) in [6.45, 7) is 2.00. The van der Waals surface area contributed by atoms with Crippen molar-refractivity contribution < 1.29 is 9.18 Å². The molecule has 1 aliphatic rings. The summed E-state index contributed by atoms with van der Waals surface area (Å²) < 4.78 is 15.5. The Bertz CT molecular complexity index is 782. The second-order valence-electron chi connectivity index (χ2n) is 5.10. The topological polar surface area (TPSA) is 77.1 Å². The van der Waals surface area contributed by atoms with Crippen LogP contribution in [0.15, 0.2) is 23.1 Å². The molecule has 20 heavy (non-hydrogen) atoms. The van der Waals surface area contributed by atoms with E-state index in [0.29, 0.717) is 5.52 Å². The number of hydrazine groups is 1. The molecule has 3 N–H and O–H groups in total. The van der Waals surface area contributed by atoms with Crippen LogP contribution in [0.5, 0.6) is 0 Å². The Hall–Kier alpha value is -2.21. The second-order valence-corrected chi connectivity index (χ2v) is 5.10. The van der Waals surface area contributed by atoms with E-state index < -0.39 is 17.2 Å². The molecule has 0 fully saturated rings. The summed E-state index contributed by atoms with van der Waals surface area (Å²) in [5, 5.41) is 0.229. The first-order valence-electron chi connectivity index (χ1n) is 6.41. The minimum absolute atomic E-state index is 0.0645. The van der Waals surface area contributed by atoms with E-state index in [1.54, 1.807) is 0 Å². The lowest BCUT2D eigenvalue weighted by molar-refractivity contribution is 0.0952. The summed E-state index contributed by atoms with van der Waals surface area (Å²) in [6, 6.07) is 2.77. The molecule has 2 heterocycles. The van der Waals surface area contributed by atoms with E-state index in [-0.39, 0.29) is 17.0 Å². The van der Waals surface area contributed by atoms with Crippen LogP contribution in [0.4, 0.5) is 4.39 Å². The summed E-state index contributed by atoms with van der Waals surface area (Å²) >= 11 is 0. The second kappa shape index (κ2) is 4.42. The first-order valence-corrected chi connectivity index (χ1v) is 6.41. The van der Waals surface area contributed by atoms with E-state index in [9.17, 15) is 14.0 Å². The molecule has 2 aromatic rings. The van der Waals surface area contributed by atoms with Crippen molar-refractivity contribution in [3.05, 3.63) is 45.5 Å². The Labute approximate surface area is 114 Å². The van der Waals surface area contributed by atoms with Crippen LogP contribution >= 0.6 is 0 Å². The molecule has 1 amide bonds. The number of hydrogen-bond donors (Lipinski definition) is 2. The third-order valence-electron chi connectivity index (χ3n) is 3.85. The number of aryl methyl sites for hydroxylation is 1. The Kier molecular flexibility index (Phi) is 2.83. The molecule has 5 nitrogen and oxygen atoms in total. The average Bonchev–Trinajstić information content (AvgIpc) is 2.44. The van der Waals surface area contributed by atoms with Gasteiger partial charge in [-0.2, -0.15) is 0 Å². The number of carbonyl (C=O) groups excluding carboxylic acids is 1. The zero-order chi connectivity index (χ0) is 14.4. The molecule has 3 rings (SSSR count). The van der Waals surface area contributed by atoms with Gasteiger partial charge in [-0.25, -0.2) is 10.2 Å². The number of pyridine rings is 1. The molecule has 1 aromatic heterocycles. The maximum Gasteiger partial charge on any atom is 0.270 e. The Morgan fingerprint density at radius 2 is 2.25 bits per heavy atom.